The summed E-state index contributed by atoms with van der Waals surface area (Å²) in [6.07, 6.45) is -8.80. The lowest BCUT2D eigenvalue weighted by Gasteiger charge is -2.40. The smallest absolute Gasteiger partial charge is 0.184 e. The summed E-state index contributed by atoms with van der Waals surface area (Å²) >= 11 is 0. The maximum atomic E-state index is 10.2. The van der Waals surface area contributed by atoms with Gasteiger partial charge in [0.25, 0.3) is 0 Å². The van der Waals surface area contributed by atoms with Gasteiger partial charge in [0.15, 0.2) is 12.1 Å². The van der Waals surface area contributed by atoms with Crippen molar-refractivity contribution in [2.45, 2.75) is 93.7 Å². The second-order valence-corrected chi connectivity index (χ2v) is 8.13. The fraction of sp³-hybridized carbons (Fsp3) is 0.941. The normalized spacial score (nSPS) is 50.3. The average Bonchev–Trinajstić information content (AvgIpc) is 3.30. The molecule has 28 heavy (non-hydrogen) atoms. The SMILES string of the molecule is CC1(C)O[C@@H]2[C@H](O1)[C@H](O)O[C@@H]2C1=NO[C@@H](C[C@H]2O[C@H](CO)[C@H](O)[C@H](O)[C@H]2O)C1. The second kappa shape index (κ2) is 7.42. The van der Waals surface area contributed by atoms with Crippen LogP contribution in [0.15, 0.2) is 5.16 Å². The lowest BCUT2D eigenvalue weighted by molar-refractivity contribution is -0.234. The Morgan fingerprint density at radius 3 is 2.36 bits per heavy atom. The zero-order valence-corrected chi connectivity index (χ0v) is 15.6. The standard InChI is InChI=1S/C17H27NO10/c1-17(2)26-14-13(25-16(23)15(14)27-17)7-3-6(28-18-7)4-8-10(20)12(22)11(21)9(5-19)24-8/h6,8-16,19-23H,3-5H2,1-2H3/t6-,8-,9-,10+,11+,12-,13-,14+,15+,16-/m1/s1. The lowest BCUT2D eigenvalue weighted by atomic mass is 9.91. The molecule has 0 aromatic rings. The summed E-state index contributed by atoms with van der Waals surface area (Å²) < 4.78 is 22.5. The van der Waals surface area contributed by atoms with Gasteiger partial charge in [-0.2, -0.15) is 0 Å². The number of aliphatic hydroxyl groups excluding tert-OH is 5. The van der Waals surface area contributed by atoms with Gasteiger partial charge >= 0.3 is 0 Å². The van der Waals surface area contributed by atoms with Gasteiger partial charge in [-0.15, -0.1) is 0 Å². The van der Waals surface area contributed by atoms with Gasteiger partial charge in [0, 0.05) is 12.8 Å². The average molecular weight is 405 g/mol. The maximum Gasteiger partial charge on any atom is 0.184 e. The maximum absolute atomic E-state index is 10.2. The van der Waals surface area contributed by atoms with E-state index in [1.165, 1.54) is 0 Å². The van der Waals surface area contributed by atoms with Gasteiger partial charge in [0.1, 0.15) is 48.8 Å². The predicted molar refractivity (Wildman–Crippen MR) is 90.0 cm³/mol. The van der Waals surface area contributed by atoms with Gasteiger partial charge in [0.2, 0.25) is 0 Å². The summed E-state index contributed by atoms with van der Waals surface area (Å²) in [4.78, 5) is 5.43. The third-order valence-corrected chi connectivity index (χ3v) is 5.60. The van der Waals surface area contributed by atoms with Crippen LogP contribution in [-0.2, 0) is 23.8 Å². The van der Waals surface area contributed by atoms with Gasteiger partial charge in [-0.1, -0.05) is 5.16 Å². The summed E-state index contributed by atoms with van der Waals surface area (Å²) in [6.45, 7) is 3.02. The van der Waals surface area contributed by atoms with Crippen molar-refractivity contribution in [1.29, 1.82) is 0 Å². The van der Waals surface area contributed by atoms with E-state index in [2.05, 4.69) is 5.16 Å². The molecule has 4 aliphatic rings. The van der Waals surface area contributed by atoms with Gasteiger partial charge in [-0.25, -0.2) is 0 Å². The minimum absolute atomic E-state index is 0.181. The molecule has 0 spiro atoms. The van der Waals surface area contributed by atoms with Crippen molar-refractivity contribution in [2.75, 3.05) is 6.61 Å². The zero-order chi connectivity index (χ0) is 20.2. The first-order chi connectivity index (χ1) is 13.2. The van der Waals surface area contributed by atoms with Crippen LogP contribution < -0.4 is 0 Å². The quantitative estimate of drug-likeness (QED) is 0.341. The molecule has 0 aromatic carbocycles. The molecule has 0 aliphatic carbocycles. The fourth-order valence-corrected chi connectivity index (χ4v) is 4.22. The van der Waals surface area contributed by atoms with Gasteiger partial charge in [-0.05, 0) is 13.8 Å². The third-order valence-electron chi connectivity index (χ3n) is 5.60. The van der Waals surface area contributed by atoms with Crippen molar-refractivity contribution in [3.05, 3.63) is 0 Å². The first-order valence-corrected chi connectivity index (χ1v) is 9.42. The molecule has 4 aliphatic heterocycles. The van der Waals surface area contributed by atoms with Crippen LogP contribution in [0.5, 0.6) is 0 Å². The van der Waals surface area contributed by atoms with Crippen LogP contribution in [-0.4, -0.2) is 105 Å². The highest BCUT2D eigenvalue weighted by atomic mass is 16.8. The van der Waals surface area contributed by atoms with Crippen molar-refractivity contribution in [3.8, 4) is 0 Å². The number of aliphatic hydroxyl groups is 5. The fourth-order valence-electron chi connectivity index (χ4n) is 4.22. The molecule has 11 nitrogen and oxygen atoms in total. The highest BCUT2D eigenvalue weighted by molar-refractivity contribution is 5.90. The zero-order valence-electron chi connectivity index (χ0n) is 15.6. The molecule has 3 fully saturated rings. The topological polar surface area (TPSA) is 160 Å². The molecular formula is C17H27NO10. The van der Waals surface area contributed by atoms with Gasteiger partial charge in [0.05, 0.1) is 18.4 Å². The first-order valence-electron chi connectivity index (χ1n) is 9.42. The van der Waals surface area contributed by atoms with Crippen molar-refractivity contribution in [2.24, 2.45) is 5.16 Å². The highest BCUT2D eigenvalue weighted by Gasteiger charge is 2.57. The molecule has 0 amide bonds. The molecule has 0 saturated carbocycles. The number of oxime groups is 1. The Hall–Kier alpha value is -0.890. The summed E-state index contributed by atoms with van der Waals surface area (Å²) in [5.74, 6) is -0.839. The van der Waals surface area contributed by atoms with E-state index >= 15 is 0 Å². The number of fused-ring (bicyclic) bond motifs is 1. The van der Waals surface area contributed by atoms with Crippen molar-refractivity contribution >= 4 is 5.71 Å². The Kier molecular flexibility index (Phi) is 5.40. The molecule has 5 N–H and O–H groups in total. The van der Waals surface area contributed by atoms with Crippen molar-refractivity contribution < 1.29 is 49.3 Å². The van der Waals surface area contributed by atoms with Crippen LogP contribution in [0.4, 0.5) is 0 Å². The van der Waals surface area contributed by atoms with E-state index in [4.69, 9.17) is 23.8 Å². The Labute approximate surface area is 161 Å². The van der Waals surface area contributed by atoms with Crippen LogP contribution >= 0.6 is 0 Å². The minimum atomic E-state index is -1.43. The molecule has 0 unspecified atom stereocenters. The molecule has 0 radical (unpaired) electrons. The van der Waals surface area contributed by atoms with E-state index in [-0.39, 0.29) is 6.42 Å². The summed E-state index contributed by atoms with van der Waals surface area (Å²) in [5, 5.41) is 53.4. The van der Waals surface area contributed by atoms with Crippen molar-refractivity contribution in [3.63, 3.8) is 0 Å². The van der Waals surface area contributed by atoms with E-state index in [1.807, 2.05) is 0 Å². The molecule has 11 heteroatoms. The largest absolute Gasteiger partial charge is 0.394 e. The van der Waals surface area contributed by atoms with E-state index in [9.17, 15) is 25.5 Å². The van der Waals surface area contributed by atoms with Crippen LogP contribution in [0.3, 0.4) is 0 Å². The molecule has 10 atom stereocenters. The van der Waals surface area contributed by atoms with Gasteiger partial charge in [-0.3, -0.25) is 0 Å². The molecule has 4 rings (SSSR count). The summed E-state index contributed by atoms with van der Waals surface area (Å²) in [7, 11) is 0. The van der Waals surface area contributed by atoms with Crippen LogP contribution in [0.1, 0.15) is 26.7 Å². The molecule has 160 valence electrons. The van der Waals surface area contributed by atoms with Crippen LogP contribution in [0, 0.1) is 0 Å². The second-order valence-electron chi connectivity index (χ2n) is 8.13. The number of ether oxygens (including phenoxy) is 4. The Morgan fingerprint density at radius 2 is 1.64 bits per heavy atom. The van der Waals surface area contributed by atoms with Crippen LogP contribution in [0.25, 0.3) is 0 Å². The predicted octanol–water partition coefficient (Wildman–Crippen LogP) is -2.40. The number of rotatable bonds is 4. The molecule has 0 bridgehead atoms. The van der Waals surface area contributed by atoms with Crippen LogP contribution in [0.2, 0.25) is 0 Å². The summed E-state index contributed by atoms with van der Waals surface area (Å²) in [5.41, 5.74) is 0.544. The minimum Gasteiger partial charge on any atom is -0.394 e. The Morgan fingerprint density at radius 1 is 0.964 bits per heavy atom. The number of hydrogen-bond donors (Lipinski definition) is 5. The lowest BCUT2D eigenvalue weighted by Crippen LogP contribution is -2.59. The molecule has 4 heterocycles. The third kappa shape index (κ3) is 3.55. The van der Waals surface area contributed by atoms with E-state index in [0.29, 0.717) is 12.1 Å². The summed E-state index contributed by atoms with van der Waals surface area (Å²) in [6, 6.07) is 0. The van der Waals surface area contributed by atoms with E-state index in [0.717, 1.165) is 0 Å². The molecular weight excluding hydrogens is 378 g/mol. The number of hydrogen-bond acceptors (Lipinski definition) is 11. The van der Waals surface area contributed by atoms with E-state index < -0.39 is 73.6 Å². The Balaban J connectivity index is 1.37. The van der Waals surface area contributed by atoms with Gasteiger partial charge < -0.3 is 49.3 Å². The highest BCUT2D eigenvalue weighted by Crippen LogP contribution is 2.40. The molecule has 0 aromatic heterocycles. The van der Waals surface area contributed by atoms with E-state index in [1.54, 1.807) is 13.8 Å². The molecule has 3 saturated heterocycles. The van der Waals surface area contributed by atoms with Crippen molar-refractivity contribution in [1.82, 2.24) is 0 Å². The first kappa shape index (κ1) is 20.4. The monoisotopic (exact) mass is 405 g/mol. The Bertz CT molecular complexity index is 613. The number of nitrogens with zero attached hydrogens (tertiary/aromatic N) is 1.